The molecule has 0 unspecified atom stereocenters. The summed E-state index contributed by atoms with van der Waals surface area (Å²) in [7, 11) is -3.64. The fraction of sp³-hybridized carbons (Fsp3) is 0.318. The van der Waals surface area contributed by atoms with E-state index in [1.54, 1.807) is 23.7 Å². The molecule has 1 fully saturated rings. The van der Waals surface area contributed by atoms with Gasteiger partial charge >= 0.3 is 0 Å². The van der Waals surface area contributed by atoms with Gasteiger partial charge in [-0.2, -0.15) is 0 Å². The number of anilines is 2. The van der Waals surface area contributed by atoms with E-state index < -0.39 is 10.0 Å². The Morgan fingerprint density at radius 3 is 2.58 bits per heavy atom. The molecule has 1 saturated heterocycles. The van der Waals surface area contributed by atoms with Crippen molar-refractivity contribution in [1.82, 2.24) is 4.98 Å². The van der Waals surface area contributed by atoms with E-state index in [0.29, 0.717) is 5.13 Å². The summed E-state index contributed by atoms with van der Waals surface area (Å²) in [6.45, 7) is 2.53. The van der Waals surface area contributed by atoms with Crippen molar-refractivity contribution in [2.24, 2.45) is 0 Å². The predicted octanol–water partition coefficient (Wildman–Crippen LogP) is 4.92. The zero-order valence-corrected chi connectivity index (χ0v) is 19.1. The number of benzene rings is 2. The van der Waals surface area contributed by atoms with Gasteiger partial charge in [0.25, 0.3) is 10.0 Å². The van der Waals surface area contributed by atoms with Gasteiger partial charge in [0, 0.05) is 46.4 Å². The first kappa shape index (κ1) is 20.6. The van der Waals surface area contributed by atoms with Crippen LogP contribution < -0.4 is 14.4 Å². The second kappa shape index (κ2) is 8.00. The Labute approximate surface area is 190 Å². The summed E-state index contributed by atoms with van der Waals surface area (Å²) in [4.78, 5) is 6.53. The third kappa shape index (κ3) is 4.00. The average Bonchev–Trinajstić information content (AvgIpc) is 3.27. The normalized spacial score (nSPS) is 17.8. The highest BCUT2D eigenvalue weighted by Gasteiger charge is 2.40. The Bertz CT molecular complexity index is 1170. The van der Waals surface area contributed by atoms with E-state index in [-0.39, 0.29) is 10.3 Å². The summed E-state index contributed by atoms with van der Waals surface area (Å²) in [6, 6.07) is 13.0. The Morgan fingerprint density at radius 1 is 1.10 bits per heavy atom. The smallest absolute Gasteiger partial charge is 0.263 e. The largest absolute Gasteiger partial charge is 0.493 e. The Morgan fingerprint density at radius 2 is 1.87 bits per heavy atom. The van der Waals surface area contributed by atoms with Gasteiger partial charge in [0.15, 0.2) is 5.13 Å². The van der Waals surface area contributed by atoms with E-state index in [1.807, 2.05) is 24.3 Å². The lowest BCUT2D eigenvalue weighted by molar-refractivity contribution is 0.187. The van der Waals surface area contributed by atoms with Crippen LogP contribution in [0, 0.1) is 0 Å². The van der Waals surface area contributed by atoms with Gasteiger partial charge in [0.2, 0.25) is 0 Å². The minimum absolute atomic E-state index is 0.0931. The van der Waals surface area contributed by atoms with E-state index in [2.05, 4.69) is 20.7 Å². The summed E-state index contributed by atoms with van der Waals surface area (Å²) in [5, 5.41) is 2.84. The van der Waals surface area contributed by atoms with Gasteiger partial charge in [-0.05, 0) is 61.7 Å². The second-order valence-corrected chi connectivity index (χ2v) is 11.0. The first-order valence-electron chi connectivity index (χ1n) is 10.2. The van der Waals surface area contributed by atoms with Crippen molar-refractivity contribution in [3.8, 4) is 5.75 Å². The summed E-state index contributed by atoms with van der Waals surface area (Å²) in [5.41, 5.74) is 2.35. The van der Waals surface area contributed by atoms with Crippen molar-refractivity contribution >= 4 is 43.8 Å². The first-order valence-corrected chi connectivity index (χ1v) is 12.9. The first-order chi connectivity index (χ1) is 15.0. The van der Waals surface area contributed by atoms with Crippen LogP contribution in [0.25, 0.3) is 0 Å². The van der Waals surface area contributed by atoms with Crippen LogP contribution in [-0.2, 0) is 15.4 Å². The van der Waals surface area contributed by atoms with E-state index in [4.69, 9.17) is 16.3 Å². The summed E-state index contributed by atoms with van der Waals surface area (Å²) < 4.78 is 33.5. The standard InChI is InChI=1S/C22H22ClN3O3S2/c23-16-1-6-20-19(15-16)22(9-13-29-20)7-11-26(12-8-22)17-2-4-18(5-3-17)31(27,28)25-21-24-10-14-30-21/h1-6,10,14-15H,7-9,11-13H2,(H,24,25). The molecule has 1 spiro atoms. The highest BCUT2D eigenvalue weighted by Crippen LogP contribution is 2.47. The lowest BCUT2D eigenvalue weighted by atomic mass is 9.69. The lowest BCUT2D eigenvalue weighted by Crippen LogP contribution is -2.45. The van der Waals surface area contributed by atoms with Gasteiger partial charge in [-0.25, -0.2) is 13.4 Å². The molecule has 2 aliphatic rings. The van der Waals surface area contributed by atoms with Crippen LogP contribution in [0.1, 0.15) is 24.8 Å². The van der Waals surface area contributed by atoms with Crippen molar-refractivity contribution in [1.29, 1.82) is 0 Å². The number of sulfonamides is 1. The topological polar surface area (TPSA) is 71.5 Å². The summed E-state index contributed by atoms with van der Waals surface area (Å²) in [5.74, 6) is 0.950. The molecule has 0 saturated carbocycles. The Hall–Kier alpha value is -2.29. The fourth-order valence-electron chi connectivity index (χ4n) is 4.53. The van der Waals surface area contributed by atoms with Crippen LogP contribution in [-0.4, -0.2) is 33.1 Å². The highest BCUT2D eigenvalue weighted by atomic mass is 35.5. The Kier molecular flexibility index (Phi) is 5.32. The molecule has 31 heavy (non-hydrogen) atoms. The van der Waals surface area contributed by atoms with Gasteiger partial charge in [0.1, 0.15) is 5.75 Å². The van der Waals surface area contributed by atoms with Crippen LogP contribution in [0.2, 0.25) is 5.02 Å². The van der Waals surface area contributed by atoms with E-state index in [1.165, 1.54) is 16.9 Å². The molecule has 0 amide bonds. The number of thiazole rings is 1. The van der Waals surface area contributed by atoms with Crippen LogP contribution in [0.5, 0.6) is 5.75 Å². The minimum atomic E-state index is -3.64. The number of hydrogen-bond acceptors (Lipinski definition) is 6. The monoisotopic (exact) mass is 475 g/mol. The number of rotatable bonds is 4. The average molecular weight is 476 g/mol. The molecule has 2 aromatic carbocycles. The molecular weight excluding hydrogens is 454 g/mol. The second-order valence-electron chi connectivity index (χ2n) is 7.94. The van der Waals surface area contributed by atoms with Gasteiger partial charge in [-0.3, -0.25) is 4.72 Å². The molecule has 1 aromatic heterocycles. The molecular formula is C22H22ClN3O3S2. The number of nitrogens with zero attached hydrogens (tertiary/aromatic N) is 2. The number of piperidine rings is 1. The van der Waals surface area contributed by atoms with Crippen molar-refractivity contribution in [3.05, 3.63) is 64.6 Å². The van der Waals surface area contributed by atoms with Crippen molar-refractivity contribution in [3.63, 3.8) is 0 Å². The molecule has 6 nitrogen and oxygen atoms in total. The zero-order chi connectivity index (χ0) is 21.5. The molecule has 5 rings (SSSR count). The fourth-order valence-corrected chi connectivity index (χ4v) is 6.49. The molecule has 0 radical (unpaired) electrons. The molecule has 162 valence electrons. The maximum absolute atomic E-state index is 12.6. The van der Waals surface area contributed by atoms with Crippen LogP contribution in [0.15, 0.2) is 58.9 Å². The van der Waals surface area contributed by atoms with Crippen LogP contribution in [0.3, 0.4) is 0 Å². The molecule has 0 aliphatic carbocycles. The van der Waals surface area contributed by atoms with E-state index in [0.717, 1.165) is 55.4 Å². The third-order valence-corrected chi connectivity index (χ3v) is 8.65. The molecule has 3 aromatic rings. The maximum atomic E-state index is 12.6. The van der Waals surface area contributed by atoms with Gasteiger partial charge < -0.3 is 9.64 Å². The number of nitrogens with one attached hydrogen (secondary N) is 1. The van der Waals surface area contributed by atoms with Crippen molar-refractivity contribution in [2.45, 2.75) is 29.6 Å². The van der Waals surface area contributed by atoms with Crippen molar-refractivity contribution in [2.75, 3.05) is 29.3 Å². The highest BCUT2D eigenvalue weighted by molar-refractivity contribution is 7.93. The minimum Gasteiger partial charge on any atom is -0.493 e. The number of fused-ring (bicyclic) bond motifs is 2. The quantitative estimate of drug-likeness (QED) is 0.580. The molecule has 1 N–H and O–H groups in total. The van der Waals surface area contributed by atoms with Gasteiger partial charge in [-0.1, -0.05) is 11.6 Å². The lowest BCUT2D eigenvalue weighted by Gasteiger charge is -2.45. The van der Waals surface area contributed by atoms with E-state index in [9.17, 15) is 8.42 Å². The van der Waals surface area contributed by atoms with Crippen molar-refractivity contribution < 1.29 is 13.2 Å². The molecule has 0 bridgehead atoms. The molecule has 2 aliphatic heterocycles. The molecule has 3 heterocycles. The Balaban J connectivity index is 1.30. The number of hydrogen-bond donors (Lipinski definition) is 1. The maximum Gasteiger partial charge on any atom is 0.263 e. The molecule has 9 heteroatoms. The van der Waals surface area contributed by atoms with Gasteiger partial charge in [0.05, 0.1) is 11.5 Å². The van der Waals surface area contributed by atoms with Gasteiger partial charge in [-0.15, -0.1) is 11.3 Å². The SMILES string of the molecule is O=S(=O)(Nc1nccs1)c1ccc(N2CCC3(CCOc4ccc(Cl)cc43)CC2)cc1. The molecule has 0 atom stereocenters. The third-order valence-electron chi connectivity index (χ3n) is 6.24. The summed E-state index contributed by atoms with van der Waals surface area (Å²) in [6.07, 6.45) is 4.58. The zero-order valence-electron chi connectivity index (χ0n) is 16.8. The number of aromatic nitrogens is 1. The summed E-state index contributed by atoms with van der Waals surface area (Å²) >= 11 is 7.53. The van der Waals surface area contributed by atoms with E-state index >= 15 is 0 Å². The predicted molar refractivity (Wildman–Crippen MR) is 124 cm³/mol. The van der Waals surface area contributed by atoms with Crippen LogP contribution in [0.4, 0.5) is 10.8 Å². The number of ether oxygens (including phenoxy) is 1. The van der Waals surface area contributed by atoms with Crippen LogP contribution >= 0.6 is 22.9 Å². The number of halogens is 1.